The Kier molecular flexibility index (Phi) is 5.15. The normalized spacial score (nSPS) is 10.4. The number of pyridine rings is 1. The van der Waals surface area contributed by atoms with Crippen LogP contribution >= 0.6 is 23.2 Å². The first-order valence-corrected chi connectivity index (χ1v) is 8.11. The van der Waals surface area contributed by atoms with Crippen molar-refractivity contribution in [3.05, 3.63) is 68.6 Å². The van der Waals surface area contributed by atoms with Crippen LogP contribution < -0.4 is 10.6 Å². The standard InChI is InChI=1S/C16H12Cl2N6O2/c1-9-5-6-19-12(7-9)23-16-14(24(25)26)15(20-8-21-16)22-11-4-2-3-10(17)13(11)18/h2-8H,1H3,(H2,19,20,21,22,23). The van der Waals surface area contributed by atoms with Gasteiger partial charge in [0.15, 0.2) is 0 Å². The first-order chi connectivity index (χ1) is 12.5. The second-order valence-electron chi connectivity index (χ2n) is 5.25. The monoisotopic (exact) mass is 390 g/mol. The van der Waals surface area contributed by atoms with E-state index in [0.29, 0.717) is 16.5 Å². The third-order valence-corrected chi connectivity index (χ3v) is 4.19. The number of rotatable bonds is 5. The van der Waals surface area contributed by atoms with Crippen LogP contribution in [-0.4, -0.2) is 19.9 Å². The minimum Gasteiger partial charge on any atom is -0.333 e. The SMILES string of the molecule is Cc1ccnc(Nc2ncnc(Nc3cccc(Cl)c3Cl)c2[N+](=O)[O-])c1. The highest BCUT2D eigenvalue weighted by Crippen LogP contribution is 2.36. The Labute approximate surface area is 158 Å². The lowest BCUT2D eigenvalue weighted by molar-refractivity contribution is -0.383. The van der Waals surface area contributed by atoms with Crippen molar-refractivity contribution in [2.45, 2.75) is 6.92 Å². The van der Waals surface area contributed by atoms with Gasteiger partial charge in [-0.1, -0.05) is 29.3 Å². The largest absolute Gasteiger partial charge is 0.353 e. The average Bonchev–Trinajstić information content (AvgIpc) is 2.59. The van der Waals surface area contributed by atoms with Gasteiger partial charge < -0.3 is 10.6 Å². The minimum atomic E-state index is -0.584. The molecule has 0 saturated carbocycles. The van der Waals surface area contributed by atoms with E-state index in [9.17, 15) is 10.1 Å². The summed E-state index contributed by atoms with van der Waals surface area (Å²) in [5.41, 5.74) is 0.996. The van der Waals surface area contributed by atoms with Crippen LogP contribution in [0.2, 0.25) is 10.0 Å². The molecule has 2 N–H and O–H groups in total. The van der Waals surface area contributed by atoms with Crippen LogP contribution in [0.1, 0.15) is 5.56 Å². The number of benzene rings is 1. The average molecular weight is 391 g/mol. The zero-order chi connectivity index (χ0) is 18.7. The zero-order valence-corrected chi connectivity index (χ0v) is 14.9. The molecule has 26 heavy (non-hydrogen) atoms. The van der Waals surface area contributed by atoms with Gasteiger partial charge in [0, 0.05) is 6.20 Å². The Morgan fingerprint density at radius 3 is 2.50 bits per heavy atom. The Morgan fingerprint density at radius 1 is 1.08 bits per heavy atom. The van der Waals surface area contributed by atoms with E-state index in [-0.39, 0.29) is 22.3 Å². The molecule has 10 heteroatoms. The van der Waals surface area contributed by atoms with Crippen LogP contribution in [0.3, 0.4) is 0 Å². The summed E-state index contributed by atoms with van der Waals surface area (Å²) in [6.07, 6.45) is 2.79. The summed E-state index contributed by atoms with van der Waals surface area (Å²) in [6, 6.07) is 8.47. The van der Waals surface area contributed by atoms with Gasteiger partial charge >= 0.3 is 5.69 Å². The molecule has 0 aliphatic rings. The molecule has 8 nitrogen and oxygen atoms in total. The third kappa shape index (κ3) is 3.81. The minimum absolute atomic E-state index is 0.00347. The molecule has 2 heterocycles. The summed E-state index contributed by atoms with van der Waals surface area (Å²) >= 11 is 12.1. The fraction of sp³-hybridized carbons (Fsp3) is 0.0625. The van der Waals surface area contributed by atoms with Gasteiger partial charge in [0.05, 0.1) is 20.7 Å². The summed E-state index contributed by atoms with van der Waals surface area (Å²) in [4.78, 5) is 23.1. The molecule has 1 aromatic carbocycles. The molecule has 2 aromatic heterocycles. The highest BCUT2D eigenvalue weighted by molar-refractivity contribution is 6.43. The van der Waals surface area contributed by atoms with Crippen molar-refractivity contribution in [2.24, 2.45) is 0 Å². The summed E-state index contributed by atoms with van der Waals surface area (Å²) in [7, 11) is 0. The van der Waals surface area contributed by atoms with Crippen LogP contribution in [0.4, 0.5) is 28.8 Å². The molecule has 0 aliphatic heterocycles. The number of anilines is 4. The van der Waals surface area contributed by atoms with Gasteiger partial charge in [-0.05, 0) is 36.8 Å². The van der Waals surface area contributed by atoms with E-state index in [1.807, 2.05) is 13.0 Å². The molecular weight excluding hydrogens is 379 g/mol. The molecule has 0 atom stereocenters. The van der Waals surface area contributed by atoms with Crippen molar-refractivity contribution in [3.8, 4) is 0 Å². The van der Waals surface area contributed by atoms with Gasteiger partial charge in [-0.2, -0.15) is 0 Å². The van der Waals surface area contributed by atoms with Crippen molar-refractivity contribution in [3.63, 3.8) is 0 Å². The van der Waals surface area contributed by atoms with Crippen LogP contribution in [-0.2, 0) is 0 Å². The van der Waals surface area contributed by atoms with Gasteiger partial charge in [-0.25, -0.2) is 15.0 Å². The van der Waals surface area contributed by atoms with Crippen molar-refractivity contribution in [1.29, 1.82) is 0 Å². The van der Waals surface area contributed by atoms with Crippen molar-refractivity contribution >= 4 is 52.0 Å². The first-order valence-electron chi connectivity index (χ1n) is 7.36. The Balaban J connectivity index is 2.01. The van der Waals surface area contributed by atoms with E-state index in [1.165, 1.54) is 6.33 Å². The summed E-state index contributed by atoms with van der Waals surface area (Å²) in [6.45, 7) is 1.88. The van der Waals surface area contributed by atoms with Crippen LogP contribution in [0.25, 0.3) is 0 Å². The molecule has 0 aliphatic carbocycles. The van der Waals surface area contributed by atoms with E-state index in [4.69, 9.17) is 23.2 Å². The van der Waals surface area contributed by atoms with Crippen molar-refractivity contribution in [1.82, 2.24) is 15.0 Å². The summed E-state index contributed by atoms with van der Waals surface area (Å²) < 4.78 is 0. The maximum absolute atomic E-state index is 11.6. The third-order valence-electron chi connectivity index (χ3n) is 3.37. The quantitative estimate of drug-likeness (QED) is 0.472. The lowest BCUT2D eigenvalue weighted by Gasteiger charge is -2.11. The highest BCUT2D eigenvalue weighted by Gasteiger charge is 2.24. The molecule has 0 bridgehead atoms. The van der Waals surface area contributed by atoms with Crippen molar-refractivity contribution in [2.75, 3.05) is 10.6 Å². The fourth-order valence-corrected chi connectivity index (χ4v) is 2.54. The molecule has 3 aromatic rings. The molecule has 0 spiro atoms. The molecule has 0 saturated heterocycles. The van der Waals surface area contributed by atoms with Gasteiger partial charge in [-0.15, -0.1) is 0 Å². The molecule has 0 fully saturated rings. The smallest absolute Gasteiger partial charge is 0.333 e. The lowest BCUT2D eigenvalue weighted by Crippen LogP contribution is -2.06. The van der Waals surface area contributed by atoms with E-state index in [1.54, 1.807) is 30.5 Å². The van der Waals surface area contributed by atoms with E-state index < -0.39 is 4.92 Å². The van der Waals surface area contributed by atoms with Crippen LogP contribution in [0.15, 0.2) is 42.9 Å². The maximum Gasteiger partial charge on any atom is 0.353 e. The topological polar surface area (TPSA) is 106 Å². The van der Waals surface area contributed by atoms with E-state index in [0.717, 1.165) is 5.56 Å². The van der Waals surface area contributed by atoms with Crippen LogP contribution in [0.5, 0.6) is 0 Å². The van der Waals surface area contributed by atoms with Gasteiger partial charge in [0.1, 0.15) is 12.1 Å². The van der Waals surface area contributed by atoms with E-state index in [2.05, 4.69) is 25.6 Å². The number of nitrogens with zero attached hydrogens (tertiary/aromatic N) is 4. The molecule has 0 unspecified atom stereocenters. The number of aryl methyl sites for hydroxylation is 1. The highest BCUT2D eigenvalue weighted by atomic mass is 35.5. The molecule has 0 radical (unpaired) electrons. The fourth-order valence-electron chi connectivity index (χ4n) is 2.19. The van der Waals surface area contributed by atoms with Crippen molar-refractivity contribution < 1.29 is 4.92 Å². The Morgan fingerprint density at radius 2 is 1.81 bits per heavy atom. The molecule has 3 rings (SSSR count). The number of halogens is 2. The summed E-state index contributed by atoms with van der Waals surface area (Å²) in [5.74, 6) is 0.409. The van der Waals surface area contributed by atoms with Crippen LogP contribution in [0, 0.1) is 17.0 Å². The molecule has 132 valence electrons. The number of nitro groups is 1. The molecule has 0 amide bonds. The predicted octanol–water partition coefficient (Wildman–Crippen LogP) is 4.88. The number of hydrogen-bond acceptors (Lipinski definition) is 7. The molecular formula is C16H12Cl2N6O2. The second kappa shape index (κ2) is 7.51. The number of nitrogens with one attached hydrogen (secondary N) is 2. The van der Waals surface area contributed by atoms with Gasteiger partial charge in [0.2, 0.25) is 11.6 Å². The Bertz CT molecular complexity index is 983. The second-order valence-corrected chi connectivity index (χ2v) is 6.03. The van der Waals surface area contributed by atoms with Gasteiger partial charge in [-0.3, -0.25) is 10.1 Å². The number of aromatic nitrogens is 3. The predicted molar refractivity (Wildman–Crippen MR) is 101 cm³/mol. The maximum atomic E-state index is 11.6. The lowest BCUT2D eigenvalue weighted by atomic mass is 10.3. The number of hydrogen-bond donors (Lipinski definition) is 2. The van der Waals surface area contributed by atoms with Gasteiger partial charge in [0.25, 0.3) is 0 Å². The summed E-state index contributed by atoms with van der Waals surface area (Å²) in [5, 5.41) is 17.8. The first kappa shape index (κ1) is 17.8. The Hall–Kier alpha value is -2.97. The zero-order valence-electron chi connectivity index (χ0n) is 13.4. The van der Waals surface area contributed by atoms with E-state index >= 15 is 0 Å².